The second-order valence-corrected chi connectivity index (χ2v) is 8.09. The van der Waals surface area contributed by atoms with Crippen molar-refractivity contribution >= 4 is 5.97 Å². The van der Waals surface area contributed by atoms with E-state index in [1.165, 1.54) is 26.4 Å². The van der Waals surface area contributed by atoms with Gasteiger partial charge < -0.3 is 14.6 Å². The van der Waals surface area contributed by atoms with Crippen molar-refractivity contribution in [3.63, 3.8) is 0 Å². The molecule has 0 bridgehead atoms. The van der Waals surface area contributed by atoms with E-state index in [2.05, 4.69) is 13.5 Å². The van der Waals surface area contributed by atoms with Gasteiger partial charge in [-0.15, -0.1) is 6.58 Å². The molecule has 2 aliphatic rings. The molecule has 1 N–H and O–H groups in total. The largest absolute Gasteiger partial charge is 0.507 e. The van der Waals surface area contributed by atoms with Crippen molar-refractivity contribution in [2.75, 3.05) is 14.2 Å². The van der Waals surface area contributed by atoms with Gasteiger partial charge in [-0.25, -0.2) is 4.79 Å². The van der Waals surface area contributed by atoms with Gasteiger partial charge in [-0.3, -0.25) is 0 Å². The summed E-state index contributed by atoms with van der Waals surface area (Å²) in [7, 11) is 2.98. The predicted molar refractivity (Wildman–Crippen MR) is 102 cm³/mol. The van der Waals surface area contributed by atoms with Crippen LogP contribution >= 0.6 is 0 Å². The maximum Gasteiger partial charge on any atom is 0.341 e. The highest BCUT2D eigenvalue weighted by Gasteiger charge is 2.54. The van der Waals surface area contributed by atoms with Gasteiger partial charge in [0.15, 0.2) is 0 Å². The van der Waals surface area contributed by atoms with Gasteiger partial charge in [-0.2, -0.15) is 0 Å². The van der Waals surface area contributed by atoms with Crippen LogP contribution in [0.15, 0.2) is 18.2 Å². The molecule has 4 heteroatoms. The molecule has 0 heterocycles. The fourth-order valence-electron chi connectivity index (χ4n) is 4.73. The van der Waals surface area contributed by atoms with Crippen molar-refractivity contribution < 1.29 is 19.4 Å². The van der Waals surface area contributed by atoms with Gasteiger partial charge in [0.05, 0.1) is 14.2 Å². The first-order valence-electron chi connectivity index (χ1n) is 9.54. The number of rotatable bonds is 6. The predicted octanol–water partition coefficient (Wildman–Crippen LogP) is 4.85. The SMILES string of the molecule is C=C(C)CCc1c(OC)cc(C2C3CCC(C)CC32)c(C(=O)OC)c1O. The minimum absolute atomic E-state index is 0.0177. The summed E-state index contributed by atoms with van der Waals surface area (Å²) in [5.41, 5.74) is 2.92. The summed E-state index contributed by atoms with van der Waals surface area (Å²) in [5.74, 6) is 2.48. The van der Waals surface area contributed by atoms with E-state index in [-0.39, 0.29) is 5.75 Å². The molecule has 4 nitrogen and oxygen atoms in total. The van der Waals surface area contributed by atoms with E-state index in [9.17, 15) is 9.90 Å². The van der Waals surface area contributed by atoms with E-state index < -0.39 is 5.97 Å². The number of phenolic OH excluding ortho intramolecular Hbond substituents is 1. The highest BCUT2D eigenvalue weighted by Crippen LogP contribution is 2.63. The summed E-state index contributed by atoms with van der Waals surface area (Å²) in [6.07, 6.45) is 4.94. The molecule has 4 unspecified atom stereocenters. The number of carbonyl (C=O) groups excluding carboxylic acids is 1. The number of benzene rings is 1. The molecule has 3 rings (SSSR count). The van der Waals surface area contributed by atoms with Gasteiger partial charge in [-0.1, -0.05) is 18.9 Å². The van der Waals surface area contributed by atoms with Crippen LogP contribution in [-0.4, -0.2) is 25.3 Å². The molecule has 1 aromatic carbocycles. The Kier molecular flexibility index (Phi) is 5.31. The Labute approximate surface area is 156 Å². The van der Waals surface area contributed by atoms with Crippen LogP contribution in [-0.2, 0) is 11.2 Å². The lowest BCUT2D eigenvalue weighted by atomic mass is 9.91. The molecule has 2 fully saturated rings. The summed E-state index contributed by atoms with van der Waals surface area (Å²) < 4.78 is 10.6. The summed E-state index contributed by atoms with van der Waals surface area (Å²) in [5, 5.41) is 10.9. The van der Waals surface area contributed by atoms with Crippen LogP contribution in [0.25, 0.3) is 0 Å². The van der Waals surface area contributed by atoms with Crippen molar-refractivity contribution in [3.05, 3.63) is 34.9 Å². The third-order valence-electron chi connectivity index (χ3n) is 6.16. The van der Waals surface area contributed by atoms with Crippen molar-refractivity contribution in [1.29, 1.82) is 0 Å². The van der Waals surface area contributed by atoms with E-state index in [0.29, 0.717) is 41.1 Å². The topological polar surface area (TPSA) is 55.8 Å². The Morgan fingerprint density at radius 2 is 2.04 bits per heavy atom. The fraction of sp³-hybridized carbons (Fsp3) is 0.591. The molecular weight excluding hydrogens is 328 g/mol. The second kappa shape index (κ2) is 7.34. The summed E-state index contributed by atoms with van der Waals surface area (Å²) in [6, 6.07) is 1.97. The number of aromatic hydroxyl groups is 1. The zero-order chi connectivity index (χ0) is 19.0. The molecule has 4 atom stereocenters. The third kappa shape index (κ3) is 3.34. The van der Waals surface area contributed by atoms with Crippen molar-refractivity contribution in [3.8, 4) is 11.5 Å². The van der Waals surface area contributed by atoms with E-state index in [1.807, 2.05) is 13.0 Å². The number of phenols is 1. The highest BCUT2D eigenvalue weighted by atomic mass is 16.5. The summed E-state index contributed by atoms with van der Waals surface area (Å²) in [4.78, 5) is 12.5. The highest BCUT2D eigenvalue weighted by molar-refractivity contribution is 5.95. The minimum Gasteiger partial charge on any atom is -0.507 e. The third-order valence-corrected chi connectivity index (χ3v) is 6.16. The quantitative estimate of drug-likeness (QED) is 0.584. The monoisotopic (exact) mass is 358 g/mol. The first-order chi connectivity index (χ1) is 12.4. The van der Waals surface area contributed by atoms with Crippen LogP contribution in [0.3, 0.4) is 0 Å². The Morgan fingerprint density at radius 1 is 1.31 bits per heavy atom. The summed E-state index contributed by atoms with van der Waals surface area (Å²) >= 11 is 0. The molecule has 142 valence electrons. The first-order valence-corrected chi connectivity index (χ1v) is 9.54. The molecule has 2 aliphatic carbocycles. The molecule has 0 radical (unpaired) electrons. The van der Waals surface area contributed by atoms with Crippen molar-refractivity contribution in [2.24, 2.45) is 17.8 Å². The molecule has 0 aliphatic heterocycles. The smallest absolute Gasteiger partial charge is 0.341 e. The lowest BCUT2D eigenvalue weighted by molar-refractivity contribution is 0.0595. The number of fused-ring (bicyclic) bond motifs is 1. The van der Waals surface area contributed by atoms with Gasteiger partial charge in [0.2, 0.25) is 0 Å². The number of allylic oxidation sites excluding steroid dienone is 1. The van der Waals surface area contributed by atoms with Crippen LogP contribution in [0.1, 0.15) is 66.9 Å². The maximum absolute atomic E-state index is 12.5. The molecule has 1 aromatic rings. The Hall–Kier alpha value is -1.97. The Morgan fingerprint density at radius 3 is 2.62 bits per heavy atom. The second-order valence-electron chi connectivity index (χ2n) is 8.09. The number of esters is 1. The molecule has 26 heavy (non-hydrogen) atoms. The lowest BCUT2D eigenvalue weighted by Crippen LogP contribution is -2.09. The van der Waals surface area contributed by atoms with Gasteiger partial charge >= 0.3 is 5.97 Å². The standard InChI is InChI=1S/C22H30O4/c1-12(2)6-8-15-18(25-4)11-17(20(21(15)23)22(24)26-5)19-14-9-7-13(3)10-16(14)19/h11,13-14,16,19,23H,1,6-10H2,2-5H3. The maximum atomic E-state index is 12.5. The van der Waals surface area contributed by atoms with Gasteiger partial charge in [0, 0.05) is 5.56 Å². The zero-order valence-electron chi connectivity index (χ0n) is 16.3. The van der Waals surface area contributed by atoms with Gasteiger partial charge in [0.25, 0.3) is 0 Å². The molecule has 2 saturated carbocycles. The summed E-state index contributed by atoms with van der Waals surface area (Å²) in [6.45, 7) is 8.18. The van der Waals surface area contributed by atoms with E-state index in [0.717, 1.165) is 23.5 Å². The van der Waals surface area contributed by atoms with Crippen LogP contribution in [0, 0.1) is 17.8 Å². The molecule has 0 aromatic heterocycles. The number of methoxy groups -OCH3 is 2. The van der Waals surface area contributed by atoms with Crippen LogP contribution < -0.4 is 4.74 Å². The Bertz CT molecular complexity index is 721. The number of hydrogen-bond donors (Lipinski definition) is 1. The average Bonchev–Trinajstić information content (AvgIpc) is 3.31. The van der Waals surface area contributed by atoms with E-state index >= 15 is 0 Å². The van der Waals surface area contributed by atoms with Crippen LogP contribution in [0.2, 0.25) is 0 Å². The number of ether oxygens (including phenoxy) is 2. The van der Waals surface area contributed by atoms with Crippen molar-refractivity contribution in [2.45, 2.75) is 51.9 Å². The van der Waals surface area contributed by atoms with Crippen LogP contribution in [0.4, 0.5) is 0 Å². The molecule has 0 amide bonds. The van der Waals surface area contributed by atoms with E-state index in [1.54, 1.807) is 7.11 Å². The zero-order valence-corrected chi connectivity index (χ0v) is 16.3. The fourth-order valence-corrected chi connectivity index (χ4v) is 4.73. The number of hydrogen-bond acceptors (Lipinski definition) is 4. The van der Waals surface area contributed by atoms with Crippen molar-refractivity contribution in [1.82, 2.24) is 0 Å². The average molecular weight is 358 g/mol. The van der Waals surface area contributed by atoms with Gasteiger partial charge in [-0.05, 0) is 67.9 Å². The first kappa shape index (κ1) is 18.8. The van der Waals surface area contributed by atoms with Gasteiger partial charge in [0.1, 0.15) is 17.1 Å². The molecule has 0 spiro atoms. The van der Waals surface area contributed by atoms with E-state index in [4.69, 9.17) is 9.47 Å². The molecular formula is C22H30O4. The number of carbonyl (C=O) groups is 1. The lowest BCUT2D eigenvalue weighted by Gasteiger charge is -2.18. The minimum atomic E-state index is -0.464. The normalized spacial score (nSPS) is 26.8. The molecule has 0 saturated heterocycles. The Balaban J connectivity index is 2.05. The van der Waals surface area contributed by atoms with Crippen LogP contribution in [0.5, 0.6) is 11.5 Å².